The van der Waals surface area contributed by atoms with E-state index in [9.17, 15) is 18.0 Å². The van der Waals surface area contributed by atoms with Gasteiger partial charge >= 0.3 is 0 Å². The second-order valence-electron chi connectivity index (χ2n) is 6.20. The quantitative estimate of drug-likeness (QED) is 0.764. The molecule has 1 aliphatic heterocycles. The summed E-state index contributed by atoms with van der Waals surface area (Å²) in [5, 5.41) is 5.47. The third kappa shape index (κ3) is 4.75. The normalized spacial score (nSPS) is 18.3. The number of anilines is 1. The molecule has 1 atom stereocenters. The lowest BCUT2D eigenvalue weighted by Crippen LogP contribution is -2.50. The molecule has 1 heterocycles. The molecule has 2 amide bonds. The smallest absolute Gasteiger partial charge is 0.252 e. The van der Waals surface area contributed by atoms with E-state index in [1.807, 2.05) is 0 Å². The van der Waals surface area contributed by atoms with E-state index >= 15 is 0 Å². The number of halogens is 1. The lowest BCUT2D eigenvalue weighted by molar-refractivity contribution is -0.120. The molecule has 144 valence electrons. The van der Waals surface area contributed by atoms with E-state index in [0.717, 1.165) is 12.8 Å². The largest absolute Gasteiger partial charge is 0.355 e. The van der Waals surface area contributed by atoms with Crippen molar-refractivity contribution in [2.75, 3.05) is 24.7 Å². The van der Waals surface area contributed by atoms with Gasteiger partial charge in [0.15, 0.2) is 0 Å². The predicted molar refractivity (Wildman–Crippen MR) is 102 cm³/mol. The van der Waals surface area contributed by atoms with Gasteiger partial charge in [0.1, 0.15) is 6.04 Å². The number of sulfonamides is 1. The standard InChI is InChI=1S/C17H24ClN3O4S/c1-3-10-26(24,25)21-9-5-4-6-15(21)17(23)20-12-7-8-14(18)13(11-12)16(22)19-2/h7-8,11,15H,3-6,9-10H2,1-2H3,(H,19,22)(H,20,23). The van der Waals surface area contributed by atoms with E-state index in [1.54, 1.807) is 13.0 Å². The summed E-state index contributed by atoms with van der Waals surface area (Å²) in [5.41, 5.74) is 0.641. The van der Waals surface area contributed by atoms with Crippen LogP contribution >= 0.6 is 11.6 Å². The molecule has 1 unspecified atom stereocenters. The zero-order valence-corrected chi connectivity index (χ0v) is 16.5. The molecular weight excluding hydrogens is 378 g/mol. The molecule has 2 N–H and O–H groups in total. The van der Waals surface area contributed by atoms with Crippen molar-refractivity contribution in [2.24, 2.45) is 0 Å². The van der Waals surface area contributed by atoms with Gasteiger partial charge in [-0.15, -0.1) is 0 Å². The number of hydrogen-bond donors (Lipinski definition) is 2. The average molecular weight is 402 g/mol. The van der Waals surface area contributed by atoms with E-state index < -0.39 is 22.0 Å². The summed E-state index contributed by atoms with van der Waals surface area (Å²) in [7, 11) is -1.98. The van der Waals surface area contributed by atoms with Crippen LogP contribution in [0.4, 0.5) is 5.69 Å². The van der Waals surface area contributed by atoms with Crippen LogP contribution in [0.1, 0.15) is 43.0 Å². The van der Waals surface area contributed by atoms with Crippen LogP contribution in [-0.2, 0) is 14.8 Å². The summed E-state index contributed by atoms with van der Waals surface area (Å²) >= 11 is 6.01. The third-order valence-corrected chi connectivity index (χ3v) is 6.69. The van der Waals surface area contributed by atoms with E-state index in [1.165, 1.54) is 23.5 Å². The molecule has 7 nitrogen and oxygen atoms in total. The molecule has 0 spiro atoms. The van der Waals surface area contributed by atoms with Crippen LogP contribution in [0.15, 0.2) is 18.2 Å². The molecule has 0 aliphatic carbocycles. The SMILES string of the molecule is CCCS(=O)(=O)N1CCCCC1C(=O)Nc1ccc(Cl)c(C(=O)NC)c1. The van der Waals surface area contributed by atoms with Crippen molar-refractivity contribution < 1.29 is 18.0 Å². The number of carbonyl (C=O) groups is 2. The second-order valence-corrected chi connectivity index (χ2v) is 8.65. The number of rotatable bonds is 6. The molecule has 1 saturated heterocycles. The monoisotopic (exact) mass is 401 g/mol. The molecule has 9 heteroatoms. The summed E-state index contributed by atoms with van der Waals surface area (Å²) < 4.78 is 26.2. The number of nitrogens with one attached hydrogen (secondary N) is 2. The minimum absolute atomic E-state index is 0.0263. The Balaban J connectivity index is 2.21. The van der Waals surface area contributed by atoms with Crippen molar-refractivity contribution in [1.29, 1.82) is 0 Å². The number of piperidine rings is 1. The number of amides is 2. The van der Waals surface area contributed by atoms with Gasteiger partial charge in [0, 0.05) is 19.3 Å². The first-order valence-corrected chi connectivity index (χ1v) is 10.6. The molecule has 1 fully saturated rings. The molecule has 1 aromatic rings. The van der Waals surface area contributed by atoms with Gasteiger partial charge in [-0.2, -0.15) is 4.31 Å². The van der Waals surface area contributed by atoms with Gasteiger partial charge in [-0.1, -0.05) is 24.9 Å². The lowest BCUT2D eigenvalue weighted by Gasteiger charge is -2.33. The van der Waals surface area contributed by atoms with E-state index in [4.69, 9.17) is 11.6 Å². The zero-order valence-electron chi connectivity index (χ0n) is 14.9. The fraction of sp³-hybridized carbons (Fsp3) is 0.529. The number of hydrogen-bond acceptors (Lipinski definition) is 4. The first-order valence-electron chi connectivity index (χ1n) is 8.62. The van der Waals surface area contributed by atoms with Crippen LogP contribution < -0.4 is 10.6 Å². The van der Waals surface area contributed by atoms with Crippen LogP contribution in [0.25, 0.3) is 0 Å². The molecule has 0 bridgehead atoms. The third-order valence-electron chi connectivity index (χ3n) is 4.28. The summed E-state index contributed by atoms with van der Waals surface area (Å²) in [5.74, 6) is -0.732. The van der Waals surface area contributed by atoms with Crippen molar-refractivity contribution in [3.8, 4) is 0 Å². The van der Waals surface area contributed by atoms with Gasteiger partial charge in [0.05, 0.1) is 16.3 Å². The van der Waals surface area contributed by atoms with Crippen molar-refractivity contribution in [3.05, 3.63) is 28.8 Å². The molecule has 0 radical (unpaired) electrons. The van der Waals surface area contributed by atoms with Crippen LogP contribution in [0, 0.1) is 0 Å². The summed E-state index contributed by atoms with van der Waals surface area (Å²) in [6, 6.07) is 3.85. The summed E-state index contributed by atoms with van der Waals surface area (Å²) in [6.45, 7) is 2.15. The summed E-state index contributed by atoms with van der Waals surface area (Å²) in [6.07, 6.45) is 2.51. The van der Waals surface area contributed by atoms with Gasteiger partial charge in [0.25, 0.3) is 5.91 Å². The fourth-order valence-electron chi connectivity index (χ4n) is 3.01. The van der Waals surface area contributed by atoms with Crippen LogP contribution in [-0.4, -0.2) is 49.9 Å². The Morgan fingerprint density at radius 3 is 2.69 bits per heavy atom. The van der Waals surface area contributed by atoms with E-state index in [2.05, 4.69) is 10.6 Å². The first kappa shape index (κ1) is 20.7. The maximum absolute atomic E-state index is 12.7. The Hall–Kier alpha value is -1.64. The Morgan fingerprint density at radius 1 is 1.31 bits per heavy atom. The molecule has 0 saturated carbocycles. The van der Waals surface area contributed by atoms with Crippen molar-refractivity contribution in [2.45, 2.75) is 38.6 Å². The maximum Gasteiger partial charge on any atom is 0.252 e. The lowest BCUT2D eigenvalue weighted by atomic mass is 10.0. The van der Waals surface area contributed by atoms with Crippen molar-refractivity contribution >= 4 is 39.1 Å². The molecule has 26 heavy (non-hydrogen) atoms. The van der Waals surface area contributed by atoms with E-state index in [0.29, 0.717) is 25.1 Å². The average Bonchev–Trinajstić information content (AvgIpc) is 2.62. The van der Waals surface area contributed by atoms with Crippen LogP contribution in [0.3, 0.4) is 0 Å². The minimum Gasteiger partial charge on any atom is -0.355 e. The molecular formula is C17H24ClN3O4S. The Bertz CT molecular complexity index is 782. The highest BCUT2D eigenvalue weighted by Gasteiger charge is 2.36. The summed E-state index contributed by atoms with van der Waals surface area (Å²) in [4.78, 5) is 24.5. The number of benzene rings is 1. The predicted octanol–water partition coefficient (Wildman–Crippen LogP) is 2.23. The minimum atomic E-state index is -3.46. The zero-order chi connectivity index (χ0) is 19.3. The van der Waals surface area contributed by atoms with Crippen LogP contribution in [0.2, 0.25) is 5.02 Å². The number of carbonyl (C=O) groups excluding carboxylic acids is 2. The second kappa shape index (κ2) is 8.83. The van der Waals surface area contributed by atoms with Crippen molar-refractivity contribution in [1.82, 2.24) is 9.62 Å². The Morgan fingerprint density at radius 2 is 2.04 bits per heavy atom. The van der Waals surface area contributed by atoms with Gasteiger partial charge in [-0.25, -0.2) is 8.42 Å². The molecule has 0 aromatic heterocycles. The van der Waals surface area contributed by atoms with Gasteiger partial charge in [-0.05, 0) is 37.5 Å². The number of nitrogens with zero attached hydrogens (tertiary/aromatic N) is 1. The van der Waals surface area contributed by atoms with Crippen LogP contribution in [0.5, 0.6) is 0 Å². The van der Waals surface area contributed by atoms with E-state index in [-0.39, 0.29) is 22.2 Å². The molecule has 1 aromatic carbocycles. The molecule has 2 rings (SSSR count). The highest BCUT2D eigenvalue weighted by molar-refractivity contribution is 7.89. The van der Waals surface area contributed by atoms with Gasteiger partial charge in [0.2, 0.25) is 15.9 Å². The highest BCUT2D eigenvalue weighted by atomic mass is 35.5. The van der Waals surface area contributed by atoms with Crippen molar-refractivity contribution in [3.63, 3.8) is 0 Å². The Kier molecular flexibility index (Phi) is 7.02. The topological polar surface area (TPSA) is 95.6 Å². The van der Waals surface area contributed by atoms with Gasteiger partial charge < -0.3 is 10.6 Å². The first-order chi connectivity index (χ1) is 12.3. The molecule has 1 aliphatic rings. The fourth-order valence-corrected chi connectivity index (χ4v) is 4.96. The highest BCUT2D eigenvalue weighted by Crippen LogP contribution is 2.24. The maximum atomic E-state index is 12.7. The Labute approximate surface area is 159 Å². The van der Waals surface area contributed by atoms with Gasteiger partial charge in [-0.3, -0.25) is 9.59 Å².